The zero-order valence-electron chi connectivity index (χ0n) is 10.7. The Labute approximate surface area is 103 Å². The predicted octanol–water partition coefficient (Wildman–Crippen LogP) is 1.42. The summed E-state index contributed by atoms with van der Waals surface area (Å²) < 4.78 is 10.7. The lowest BCUT2D eigenvalue weighted by molar-refractivity contribution is -0.0221. The topological polar surface area (TPSA) is 45.5 Å². The summed E-state index contributed by atoms with van der Waals surface area (Å²) in [4.78, 5) is 2.48. The molecule has 0 aromatic rings. The van der Waals surface area contributed by atoms with Crippen LogP contribution in [0.5, 0.6) is 0 Å². The van der Waals surface area contributed by atoms with Crippen molar-refractivity contribution in [1.82, 2.24) is 4.90 Å². The van der Waals surface area contributed by atoms with Gasteiger partial charge >= 0.3 is 0 Å². The Bertz CT molecular complexity index is 274. The van der Waals surface area contributed by atoms with Crippen molar-refractivity contribution in [2.24, 2.45) is 5.92 Å². The molecular formula is C13H22N2O2. The lowest BCUT2D eigenvalue weighted by Crippen LogP contribution is -2.46. The van der Waals surface area contributed by atoms with Gasteiger partial charge in [0, 0.05) is 52.8 Å². The Morgan fingerprint density at radius 2 is 2.00 bits per heavy atom. The molecular weight excluding hydrogens is 216 g/mol. The van der Waals surface area contributed by atoms with Gasteiger partial charge in [-0.1, -0.05) is 0 Å². The van der Waals surface area contributed by atoms with E-state index in [-0.39, 0.29) is 0 Å². The molecule has 0 saturated carbocycles. The number of methoxy groups -OCH3 is 1. The van der Waals surface area contributed by atoms with Gasteiger partial charge in [0.05, 0.1) is 6.07 Å². The van der Waals surface area contributed by atoms with Gasteiger partial charge in [0.2, 0.25) is 0 Å². The standard InChI is InChI=1S/C13H22N2O2/c1-16-13(11-14)4-6-15(7-5-13)10-12-2-8-17-9-3-12/h12H,2-10H2,1H3. The number of nitrogens with zero attached hydrogens (tertiary/aromatic N) is 2. The predicted molar refractivity (Wildman–Crippen MR) is 64.6 cm³/mol. The first-order valence-electron chi connectivity index (χ1n) is 6.54. The molecule has 17 heavy (non-hydrogen) atoms. The molecule has 2 rings (SSSR count). The number of rotatable bonds is 3. The van der Waals surface area contributed by atoms with E-state index >= 15 is 0 Å². The molecule has 0 aromatic carbocycles. The summed E-state index contributed by atoms with van der Waals surface area (Å²) in [5, 5.41) is 9.14. The maximum Gasteiger partial charge on any atom is 0.156 e. The van der Waals surface area contributed by atoms with E-state index in [4.69, 9.17) is 14.7 Å². The first kappa shape index (κ1) is 12.8. The average molecular weight is 238 g/mol. The van der Waals surface area contributed by atoms with Crippen LogP contribution in [0.3, 0.4) is 0 Å². The maximum atomic E-state index is 9.14. The fraction of sp³-hybridized carbons (Fsp3) is 0.923. The minimum Gasteiger partial charge on any atom is -0.381 e. The Morgan fingerprint density at radius 3 is 2.53 bits per heavy atom. The van der Waals surface area contributed by atoms with Crippen molar-refractivity contribution in [2.45, 2.75) is 31.3 Å². The molecule has 2 heterocycles. The molecule has 4 heteroatoms. The molecule has 0 spiro atoms. The van der Waals surface area contributed by atoms with Crippen molar-refractivity contribution in [1.29, 1.82) is 5.26 Å². The van der Waals surface area contributed by atoms with Gasteiger partial charge in [-0.3, -0.25) is 0 Å². The van der Waals surface area contributed by atoms with E-state index in [0.717, 1.165) is 51.6 Å². The summed E-state index contributed by atoms with van der Waals surface area (Å²) in [5.41, 5.74) is -0.522. The van der Waals surface area contributed by atoms with Crippen LogP contribution >= 0.6 is 0 Å². The third kappa shape index (κ3) is 3.19. The van der Waals surface area contributed by atoms with Crippen LogP contribution < -0.4 is 0 Å². The van der Waals surface area contributed by atoms with Gasteiger partial charge in [-0.2, -0.15) is 5.26 Å². The lowest BCUT2D eigenvalue weighted by atomic mass is 9.91. The number of nitriles is 1. The molecule has 2 aliphatic heterocycles. The van der Waals surface area contributed by atoms with Crippen molar-refractivity contribution >= 4 is 0 Å². The van der Waals surface area contributed by atoms with Gasteiger partial charge in [-0.15, -0.1) is 0 Å². The maximum absolute atomic E-state index is 9.14. The number of piperidine rings is 1. The van der Waals surface area contributed by atoms with Crippen LogP contribution in [0.2, 0.25) is 0 Å². The van der Waals surface area contributed by atoms with Crippen LogP contribution in [0.25, 0.3) is 0 Å². The number of hydrogen-bond donors (Lipinski definition) is 0. The summed E-state index contributed by atoms with van der Waals surface area (Å²) in [6.07, 6.45) is 4.04. The Kier molecular flexibility index (Phi) is 4.38. The van der Waals surface area contributed by atoms with E-state index in [1.807, 2.05) is 0 Å². The molecule has 96 valence electrons. The zero-order valence-corrected chi connectivity index (χ0v) is 10.7. The van der Waals surface area contributed by atoms with Crippen LogP contribution in [-0.4, -0.2) is 50.5 Å². The summed E-state index contributed by atoms with van der Waals surface area (Å²) in [5.74, 6) is 0.779. The molecule has 0 N–H and O–H groups in total. The van der Waals surface area contributed by atoms with Gasteiger partial charge in [-0.05, 0) is 18.8 Å². The largest absolute Gasteiger partial charge is 0.381 e. The monoisotopic (exact) mass is 238 g/mol. The fourth-order valence-corrected chi connectivity index (χ4v) is 2.75. The van der Waals surface area contributed by atoms with E-state index < -0.39 is 5.60 Å². The van der Waals surface area contributed by atoms with Crippen molar-refractivity contribution in [3.63, 3.8) is 0 Å². The number of likely N-dealkylation sites (tertiary alicyclic amines) is 1. The van der Waals surface area contributed by atoms with Crippen molar-refractivity contribution in [3.05, 3.63) is 0 Å². The van der Waals surface area contributed by atoms with E-state index in [1.54, 1.807) is 7.11 Å². The Morgan fingerprint density at radius 1 is 1.35 bits per heavy atom. The molecule has 0 atom stereocenters. The second-order valence-electron chi connectivity index (χ2n) is 5.17. The van der Waals surface area contributed by atoms with Crippen molar-refractivity contribution in [3.8, 4) is 6.07 Å². The summed E-state index contributed by atoms with van der Waals surface area (Å²) in [6.45, 7) is 4.96. The molecule has 0 radical (unpaired) electrons. The van der Waals surface area contributed by atoms with Crippen LogP contribution in [-0.2, 0) is 9.47 Å². The molecule has 2 aliphatic rings. The van der Waals surface area contributed by atoms with Gasteiger partial charge in [0.15, 0.2) is 5.60 Å². The zero-order chi connectivity index (χ0) is 12.1. The normalized spacial score (nSPS) is 26.6. The van der Waals surface area contributed by atoms with Crippen LogP contribution in [0.15, 0.2) is 0 Å². The molecule has 0 bridgehead atoms. The summed E-state index contributed by atoms with van der Waals surface area (Å²) in [7, 11) is 1.65. The average Bonchev–Trinajstić information content (AvgIpc) is 2.41. The third-order valence-electron chi connectivity index (χ3n) is 4.12. The highest BCUT2D eigenvalue weighted by Crippen LogP contribution is 2.26. The molecule has 0 amide bonds. The smallest absolute Gasteiger partial charge is 0.156 e. The van der Waals surface area contributed by atoms with Crippen molar-refractivity contribution in [2.75, 3.05) is 40.0 Å². The second kappa shape index (κ2) is 5.81. The minimum atomic E-state index is -0.522. The molecule has 0 aromatic heterocycles. The van der Waals surface area contributed by atoms with E-state index in [0.29, 0.717) is 0 Å². The highest BCUT2D eigenvalue weighted by molar-refractivity contribution is 5.04. The lowest BCUT2D eigenvalue weighted by Gasteiger charge is -2.38. The van der Waals surface area contributed by atoms with E-state index in [1.165, 1.54) is 12.8 Å². The first-order valence-corrected chi connectivity index (χ1v) is 6.54. The van der Waals surface area contributed by atoms with Crippen LogP contribution in [0.1, 0.15) is 25.7 Å². The molecule has 4 nitrogen and oxygen atoms in total. The SMILES string of the molecule is COC1(C#N)CCN(CC2CCOCC2)CC1. The highest BCUT2D eigenvalue weighted by atomic mass is 16.5. The Hall–Kier alpha value is -0.630. The quantitative estimate of drug-likeness (QED) is 0.746. The summed E-state index contributed by atoms with van der Waals surface area (Å²) in [6, 6.07) is 2.32. The van der Waals surface area contributed by atoms with E-state index in [2.05, 4.69) is 11.0 Å². The number of ether oxygens (including phenoxy) is 2. The van der Waals surface area contributed by atoms with Crippen LogP contribution in [0, 0.1) is 17.2 Å². The highest BCUT2D eigenvalue weighted by Gasteiger charge is 2.35. The second-order valence-corrected chi connectivity index (χ2v) is 5.17. The van der Waals surface area contributed by atoms with Gasteiger partial charge in [-0.25, -0.2) is 0 Å². The van der Waals surface area contributed by atoms with Gasteiger partial charge in [0.1, 0.15) is 0 Å². The first-order chi connectivity index (χ1) is 8.28. The van der Waals surface area contributed by atoms with Gasteiger partial charge in [0.25, 0.3) is 0 Å². The fourth-order valence-electron chi connectivity index (χ4n) is 2.75. The Balaban J connectivity index is 1.77. The number of hydrogen-bond acceptors (Lipinski definition) is 4. The third-order valence-corrected chi connectivity index (χ3v) is 4.12. The minimum absolute atomic E-state index is 0.522. The summed E-state index contributed by atoms with van der Waals surface area (Å²) >= 11 is 0. The van der Waals surface area contributed by atoms with Crippen LogP contribution in [0.4, 0.5) is 0 Å². The van der Waals surface area contributed by atoms with Crippen molar-refractivity contribution < 1.29 is 9.47 Å². The molecule has 2 fully saturated rings. The molecule has 0 unspecified atom stereocenters. The van der Waals surface area contributed by atoms with E-state index in [9.17, 15) is 0 Å². The molecule has 0 aliphatic carbocycles. The van der Waals surface area contributed by atoms with Gasteiger partial charge < -0.3 is 14.4 Å². The molecule has 2 saturated heterocycles.